The number of amides is 1. The quantitative estimate of drug-likeness (QED) is 0.200. The number of halogens is 3. The first-order chi connectivity index (χ1) is 18.8. The highest BCUT2D eigenvalue weighted by Gasteiger charge is 2.34. The number of benzene rings is 2. The van der Waals surface area contributed by atoms with Crippen molar-refractivity contribution in [3.8, 4) is 17.0 Å². The molecule has 2 aromatic carbocycles. The lowest BCUT2D eigenvalue weighted by atomic mass is 10.1. The molecule has 0 aliphatic heterocycles. The fourth-order valence-electron chi connectivity index (χ4n) is 3.90. The summed E-state index contributed by atoms with van der Waals surface area (Å²) in [7, 11) is 0. The van der Waals surface area contributed by atoms with Gasteiger partial charge in [-0.1, -0.05) is 36.4 Å². The zero-order chi connectivity index (χ0) is 29.2. The van der Waals surface area contributed by atoms with E-state index in [-0.39, 0.29) is 46.5 Å². The Morgan fingerprint density at radius 1 is 1.07 bits per heavy atom. The average molecular weight is 555 g/mol. The number of alkyl halides is 3. The van der Waals surface area contributed by atoms with Crippen LogP contribution in [0, 0.1) is 10.1 Å². The summed E-state index contributed by atoms with van der Waals surface area (Å²) in [4.78, 5) is 27.4. The second-order valence-electron chi connectivity index (χ2n) is 9.76. The van der Waals surface area contributed by atoms with Gasteiger partial charge in [-0.05, 0) is 50.6 Å². The standard InChI is InChI=1S/C27H25F3N6O4/c1-26(2,3)35-25(33-21-11-7-10-20(32-21)27(28,29)30)22(24(31)37)23(34-35)17-12-13-18(36(38)39)19(14-17)40-15-16-8-5-4-6-9-16/h4-14H,15H2,1-3H3,(H2,31,37)(H,32,33). The number of nitrogens with zero attached hydrogens (tertiary/aromatic N) is 4. The summed E-state index contributed by atoms with van der Waals surface area (Å²) in [5.41, 5.74) is 4.48. The van der Waals surface area contributed by atoms with Crippen LogP contribution in [0.3, 0.4) is 0 Å². The number of nitrogens with two attached hydrogens (primary N) is 1. The van der Waals surface area contributed by atoms with Gasteiger partial charge in [0.25, 0.3) is 5.91 Å². The number of primary amides is 1. The lowest BCUT2D eigenvalue weighted by Gasteiger charge is -2.23. The zero-order valence-corrected chi connectivity index (χ0v) is 21.7. The third-order valence-electron chi connectivity index (χ3n) is 5.72. The second kappa shape index (κ2) is 10.7. The molecular formula is C27H25F3N6O4. The molecule has 3 N–H and O–H groups in total. The first kappa shape index (κ1) is 28.1. The molecule has 208 valence electrons. The third-order valence-corrected chi connectivity index (χ3v) is 5.72. The van der Waals surface area contributed by atoms with E-state index in [0.717, 1.165) is 11.6 Å². The fourth-order valence-corrected chi connectivity index (χ4v) is 3.90. The molecule has 0 atom stereocenters. The Morgan fingerprint density at radius 3 is 2.38 bits per heavy atom. The van der Waals surface area contributed by atoms with Gasteiger partial charge in [0.15, 0.2) is 5.75 Å². The summed E-state index contributed by atoms with van der Waals surface area (Å²) in [6.07, 6.45) is -4.69. The highest BCUT2D eigenvalue weighted by molar-refractivity contribution is 6.04. The molecule has 0 radical (unpaired) electrons. The van der Waals surface area contributed by atoms with E-state index in [1.807, 2.05) is 6.07 Å². The number of hydrogen-bond acceptors (Lipinski definition) is 7. The van der Waals surface area contributed by atoms with Crippen LogP contribution in [-0.4, -0.2) is 25.6 Å². The van der Waals surface area contributed by atoms with Crippen LogP contribution in [0.4, 0.5) is 30.5 Å². The van der Waals surface area contributed by atoms with Gasteiger partial charge in [-0.2, -0.15) is 18.3 Å². The van der Waals surface area contributed by atoms with Crippen molar-refractivity contribution in [3.05, 3.63) is 93.7 Å². The lowest BCUT2D eigenvalue weighted by Crippen LogP contribution is -2.25. The minimum absolute atomic E-state index is 0.00642. The molecule has 10 nitrogen and oxygen atoms in total. The van der Waals surface area contributed by atoms with Gasteiger partial charge in [-0.25, -0.2) is 9.67 Å². The molecule has 1 amide bonds. The number of aromatic nitrogens is 3. The number of carbonyl (C=O) groups is 1. The molecule has 0 saturated heterocycles. The molecule has 2 aromatic heterocycles. The Kier molecular flexibility index (Phi) is 7.49. The minimum atomic E-state index is -4.69. The average Bonchev–Trinajstić information content (AvgIpc) is 3.27. The zero-order valence-electron chi connectivity index (χ0n) is 21.7. The maximum Gasteiger partial charge on any atom is 0.433 e. The third kappa shape index (κ3) is 6.03. The van der Waals surface area contributed by atoms with Crippen LogP contribution in [-0.2, 0) is 18.3 Å². The maximum atomic E-state index is 13.3. The van der Waals surface area contributed by atoms with E-state index >= 15 is 0 Å². The Labute approximate surface area is 226 Å². The van der Waals surface area contributed by atoms with Crippen molar-refractivity contribution in [2.75, 3.05) is 5.32 Å². The second-order valence-corrected chi connectivity index (χ2v) is 9.76. The summed E-state index contributed by atoms with van der Waals surface area (Å²) in [6.45, 7) is 5.34. The molecule has 40 heavy (non-hydrogen) atoms. The number of rotatable bonds is 8. The van der Waals surface area contributed by atoms with Gasteiger partial charge in [0, 0.05) is 11.6 Å². The van der Waals surface area contributed by atoms with Gasteiger partial charge in [0.05, 0.1) is 10.5 Å². The van der Waals surface area contributed by atoms with Crippen LogP contribution in [0.25, 0.3) is 11.3 Å². The molecule has 0 spiro atoms. The van der Waals surface area contributed by atoms with Crippen molar-refractivity contribution in [1.29, 1.82) is 0 Å². The molecule has 4 aromatic rings. The molecule has 13 heteroatoms. The van der Waals surface area contributed by atoms with E-state index in [4.69, 9.17) is 10.5 Å². The van der Waals surface area contributed by atoms with E-state index < -0.39 is 28.2 Å². The van der Waals surface area contributed by atoms with Gasteiger partial charge in [-0.3, -0.25) is 14.9 Å². The summed E-state index contributed by atoms with van der Waals surface area (Å²) in [5, 5.41) is 19.0. The molecule has 0 saturated carbocycles. The van der Waals surface area contributed by atoms with Crippen molar-refractivity contribution in [3.63, 3.8) is 0 Å². The van der Waals surface area contributed by atoms with Crippen molar-refractivity contribution < 1.29 is 27.6 Å². The Bertz CT molecular complexity index is 1560. The first-order valence-electron chi connectivity index (χ1n) is 12.0. The van der Waals surface area contributed by atoms with Gasteiger partial charge >= 0.3 is 11.9 Å². The van der Waals surface area contributed by atoms with E-state index in [0.29, 0.717) is 0 Å². The molecule has 0 aliphatic rings. The van der Waals surface area contributed by atoms with Gasteiger partial charge in [0.1, 0.15) is 35.2 Å². The highest BCUT2D eigenvalue weighted by Crippen LogP contribution is 2.38. The normalized spacial score (nSPS) is 11.8. The van der Waals surface area contributed by atoms with Crippen molar-refractivity contribution in [2.24, 2.45) is 5.73 Å². The molecular weight excluding hydrogens is 529 g/mol. The number of nitrogens with one attached hydrogen (secondary N) is 1. The largest absolute Gasteiger partial charge is 0.482 e. The molecule has 2 heterocycles. The Morgan fingerprint density at radius 2 is 1.77 bits per heavy atom. The molecule has 0 unspecified atom stereocenters. The number of hydrogen-bond donors (Lipinski definition) is 2. The van der Waals surface area contributed by atoms with Crippen molar-refractivity contribution in [2.45, 2.75) is 39.1 Å². The van der Waals surface area contributed by atoms with Crippen LogP contribution in [0.5, 0.6) is 5.75 Å². The van der Waals surface area contributed by atoms with Gasteiger partial charge in [-0.15, -0.1) is 0 Å². The predicted octanol–water partition coefficient (Wildman–Crippen LogP) is 6.05. The SMILES string of the molecule is CC(C)(C)n1nc(-c2ccc([N+](=O)[O-])c(OCc3ccccc3)c2)c(C(N)=O)c1Nc1cccc(C(F)(F)F)n1. The number of nitro benzene ring substituents is 1. The molecule has 0 bridgehead atoms. The fraction of sp³-hybridized carbons (Fsp3) is 0.222. The number of ether oxygens (including phenoxy) is 1. The number of carbonyl (C=O) groups excluding carboxylic acids is 1. The maximum absolute atomic E-state index is 13.3. The summed E-state index contributed by atoms with van der Waals surface area (Å²) >= 11 is 0. The minimum Gasteiger partial charge on any atom is -0.482 e. The van der Waals surface area contributed by atoms with E-state index in [9.17, 15) is 28.1 Å². The van der Waals surface area contributed by atoms with Crippen LogP contribution < -0.4 is 15.8 Å². The Hall–Kier alpha value is -4.94. The van der Waals surface area contributed by atoms with Gasteiger partial charge in [0.2, 0.25) is 0 Å². The van der Waals surface area contributed by atoms with Crippen LogP contribution in [0.15, 0.2) is 66.7 Å². The lowest BCUT2D eigenvalue weighted by molar-refractivity contribution is -0.385. The first-order valence-corrected chi connectivity index (χ1v) is 12.0. The number of pyridine rings is 1. The monoisotopic (exact) mass is 554 g/mol. The summed E-state index contributed by atoms with van der Waals surface area (Å²) in [5.74, 6) is -1.18. The topological polar surface area (TPSA) is 138 Å². The van der Waals surface area contributed by atoms with E-state index in [1.165, 1.54) is 35.0 Å². The van der Waals surface area contributed by atoms with Crippen LogP contribution in [0.1, 0.15) is 42.4 Å². The van der Waals surface area contributed by atoms with Crippen LogP contribution >= 0.6 is 0 Å². The van der Waals surface area contributed by atoms with Crippen LogP contribution in [0.2, 0.25) is 0 Å². The summed E-state index contributed by atoms with van der Waals surface area (Å²) in [6, 6.07) is 16.3. The molecule has 4 rings (SSSR count). The Balaban J connectivity index is 1.84. The smallest absolute Gasteiger partial charge is 0.433 e. The van der Waals surface area contributed by atoms with Crippen molar-refractivity contribution in [1.82, 2.24) is 14.8 Å². The highest BCUT2D eigenvalue weighted by atomic mass is 19.4. The number of anilines is 2. The van der Waals surface area contributed by atoms with E-state index in [1.54, 1.807) is 45.0 Å². The van der Waals surface area contributed by atoms with Crippen molar-refractivity contribution >= 4 is 23.2 Å². The predicted molar refractivity (Wildman–Crippen MR) is 141 cm³/mol. The van der Waals surface area contributed by atoms with E-state index in [2.05, 4.69) is 15.4 Å². The van der Waals surface area contributed by atoms with Gasteiger partial charge < -0.3 is 15.8 Å². The molecule has 0 fully saturated rings. The number of nitro groups is 1. The molecule has 0 aliphatic carbocycles. The summed E-state index contributed by atoms with van der Waals surface area (Å²) < 4.78 is 47.0.